The van der Waals surface area contributed by atoms with Crippen LogP contribution in [-0.4, -0.2) is 28.9 Å². The molecule has 0 saturated heterocycles. The number of ether oxygens (including phenoxy) is 1. The van der Waals surface area contributed by atoms with E-state index in [9.17, 15) is 14.9 Å². The molecule has 6 nitrogen and oxygen atoms in total. The summed E-state index contributed by atoms with van der Waals surface area (Å²) in [5.74, 6) is 0.326. The number of rotatable bonds is 5. The lowest BCUT2D eigenvalue weighted by atomic mass is 9.93. The summed E-state index contributed by atoms with van der Waals surface area (Å²) in [4.78, 5) is 26.4. The van der Waals surface area contributed by atoms with Gasteiger partial charge in [0.2, 0.25) is 0 Å². The van der Waals surface area contributed by atoms with Crippen LogP contribution in [0.25, 0.3) is 0 Å². The lowest BCUT2D eigenvalue weighted by Crippen LogP contribution is -2.42. The van der Waals surface area contributed by atoms with Gasteiger partial charge in [-0.3, -0.25) is 14.9 Å². The van der Waals surface area contributed by atoms with Gasteiger partial charge in [-0.15, -0.1) is 11.3 Å². The number of nitro benzene ring substituents is 1. The molecule has 1 aliphatic heterocycles. The summed E-state index contributed by atoms with van der Waals surface area (Å²) in [6.07, 6.45) is 0.833. The minimum absolute atomic E-state index is 0.0103. The Bertz CT molecular complexity index is 985. The highest BCUT2D eigenvalue weighted by Gasteiger charge is 2.32. The highest BCUT2D eigenvalue weighted by atomic mass is 32.1. The zero-order valence-corrected chi connectivity index (χ0v) is 15.8. The second kappa shape index (κ2) is 7.82. The summed E-state index contributed by atoms with van der Waals surface area (Å²) in [5.41, 5.74) is 2.24. The van der Waals surface area contributed by atoms with E-state index in [1.54, 1.807) is 11.3 Å². The van der Waals surface area contributed by atoms with Crippen molar-refractivity contribution in [3.63, 3.8) is 0 Å². The van der Waals surface area contributed by atoms with Crippen LogP contribution in [0, 0.1) is 10.1 Å². The maximum absolute atomic E-state index is 13.0. The second-order valence-electron chi connectivity index (χ2n) is 6.49. The third kappa shape index (κ3) is 3.61. The number of nitro groups is 1. The zero-order valence-electron chi connectivity index (χ0n) is 15.0. The minimum Gasteiger partial charge on any atom is -0.484 e. The van der Waals surface area contributed by atoms with Crippen molar-refractivity contribution in [3.05, 3.63) is 92.2 Å². The van der Waals surface area contributed by atoms with Gasteiger partial charge in [-0.2, -0.15) is 0 Å². The van der Waals surface area contributed by atoms with E-state index < -0.39 is 4.92 Å². The predicted molar refractivity (Wildman–Crippen MR) is 107 cm³/mol. The number of fused-ring (bicyclic) bond motifs is 1. The smallest absolute Gasteiger partial charge is 0.269 e. The van der Waals surface area contributed by atoms with Gasteiger partial charge in [0, 0.05) is 23.6 Å². The number of carbonyl (C=O) groups excluding carboxylic acids is 1. The highest BCUT2D eigenvalue weighted by molar-refractivity contribution is 7.10. The van der Waals surface area contributed by atoms with Gasteiger partial charge in [0.1, 0.15) is 5.75 Å². The Hall–Kier alpha value is -3.19. The van der Waals surface area contributed by atoms with E-state index >= 15 is 0 Å². The van der Waals surface area contributed by atoms with E-state index in [0.29, 0.717) is 12.3 Å². The first kappa shape index (κ1) is 18.2. The molecule has 0 aliphatic carbocycles. The molecular weight excluding hydrogens is 376 g/mol. The second-order valence-corrected chi connectivity index (χ2v) is 7.49. The standard InChI is InChI=1S/C21H18N2O4S/c24-20(14-27-17-8-6-16(7-9-17)23(25)26)22-12-10-19-18(11-13-28-19)21(22)15-4-2-1-3-5-15/h1-9,11,13,21H,10,12,14H2. The Labute approximate surface area is 166 Å². The Morgan fingerprint density at radius 3 is 2.61 bits per heavy atom. The number of thiophene rings is 1. The molecule has 0 N–H and O–H groups in total. The van der Waals surface area contributed by atoms with Crippen LogP contribution in [0.4, 0.5) is 5.69 Å². The van der Waals surface area contributed by atoms with Crippen LogP contribution in [0.5, 0.6) is 5.75 Å². The average Bonchev–Trinajstić information content (AvgIpc) is 3.21. The third-order valence-electron chi connectivity index (χ3n) is 4.81. The number of carbonyl (C=O) groups is 1. The first-order valence-electron chi connectivity index (χ1n) is 8.91. The van der Waals surface area contributed by atoms with Crippen molar-refractivity contribution in [3.8, 4) is 5.75 Å². The monoisotopic (exact) mass is 394 g/mol. The molecule has 0 fully saturated rings. The van der Waals surface area contributed by atoms with Crippen molar-refractivity contribution in [2.75, 3.05) is 13.2 Å². The van der Waals surface area contributed by atoms with Crippen molar-refractivity contribution in [2.45, 2.75) is 12.5 Å². The molecule has 0 spiro atoms. The molecule has 1 aliphatic rings. The molecule has 1 atom stereocenters. The first-order valence-corrected chi connectivity index (χ1v) is 9.79. The van der Waals surface area contributed by atoms with Crippen LogP contribution < -0.4 is 4.74 Å². The normalized spacial score (nSPS) is 15.7. The van der Waals surface area contributed by atoms with E-state index in [0.717, 1.165) is 12.0 Å². The Morgan fingerprint density at radius 2 is 1.89 bits per heavy atom. The number of hydrogen-bond acceptors (Lipinski definition) is 5. The number of benzene rings is 2. The molecule has 2 heterocycles. The summed E-state index contributed by atoms with van der Waals surface area (Å²) in [6.45, 7) is 0.524. The zero-order chi connectivity index (χ0) is 19.5. The van der Waals surface area contributed by atoms with Crippen LogP contribution in [0.15, 0.2) is 66.0 Å². The van der Waals surface area contributed by atoms with Crippen LogP contribution >= 0.6 is 11.3 Å². The minimum atomic E-state index is -0.467. The van der Waals surface area contributed by atoms with E-state index in [-0.39, 0.29) is 24.2 Å². The molecule has 1 aromatic heterocycles. The van der Waals surface area contributed by atoms with Gasteiger partial charge in [-0.1, -0.05) is 30.3 Å². The predicted octanol–water partition coefficient (Wildman–Crippen LogP) is 4.21. The van der Waals surface area contributed by atoms with Crippen molar-refractivity contribution in [1.82, 2.24) is 4.90 Å². The summed E-state index contributed by atoms with van der Waals surface area (Å²) in [6, 6.07) is 17.7. The maximum atomic E-state index is 13.0. The van der Waals surface area contributed by atoms with Gasteiger partial charge in [-0.05, 0) is 41.1 Å². The lowest BCUT2D eigenvalue weighted by molar-refractivity contribution is -0.384. The fraction of sp³-hybridized carbons (Fsp3) is 0.190. The van der Waals surface area contributed by atoms with E-state index in [1.165, 1.54) is 34.7 Å². The molecule has 0 saturated carbocycles. The summed E-state index contributed by atoms with van der Waals surface area (Å²) in [7, 11) is 0. The number of hydrogen-bond donors (Lipinski definition) is 0. The van der Waals surface area contributed by atoms with Crippen molar-refractivity contribution >= 4 is 22.9 Å². The molecule has 7 heteroatoms. The lowest BCUT2D eigenvalue weighted by Gasteiger charge is -2.36. The average molecular weight is 394 g/mol. The molecule has 4 rings (SSSR count). The number of non-ortho nitro benzene ring substituents is 1. The molecule has 1 amide bonds. The third-order valence-corrected chi connectivity index (χ3v) is 5.81. The van der Waals surface area contributed by atoms with Crippen molar-refractivity contribution < 1.29 is 14.5 Å². The van der Waals surface area contributed by atoms with Crippen LogP contribution in [-0.2, 0) is 11.2 Å². The van der Waals surface area contributed by atoms with Crippen LogP contribution in [0.1, 0.15) is 22.0 Å². The quantitative estimate of drug-likeness (QED) is 0.480. The maximum Gasteiger partial charge on any atom is 0.269 e. The first-order chi connectivity index (χ1) is 13.6. The molecule has 0 bridgehead atoms. The van der Waals surface area contributed by atoms with Crippen LogP contribution in [0.3, 0.4) is 0 Å². The largest absolute Gasteiger partial charge is 0.484 e. The van der Waals surface area contributed by atoms with Gasteiger partial charge < -0.3 is 9.64 Å². The summed E-state index contributed by atoms with van der Waals surface area (Å²) >= 11 is 1.73. The van der Waals surface area contributed by atoms with Gasteiger partial charge in [0.05, 0.1) is 11.0 Å². The fourth-order valence-electron chi connectivity index (χ4n) is 3.47. The number of nitrogens with zero attached hydrogens (tertiary/aromatic N) is 2. The topological polar surface area (TPSA) is 72.7 Å². The van der Waals surface area contributed by atoms with Crippen molar-refractivity contribution in [1.29, 1.82) is 0 Å². The van der Waals surface area contributed by atoms with Crippen molar-refractivity contribution in [2.24, 2.45) is 0 Å². The summed E-state index contributed by atoms with van der Waals surface area (Å²) < 4.78 is 5.60. The van der Waals surface area contributed by atoms with Gasteiger partial charge >= 0.3 is 0 Å². The van der Waals surface area contributed by atoms with E-state index in [1.807, 2.05) is 35.2 Å². The molecule has 0 radical (unpaired) electrons. The SMILES string of the molecule is O=C(COc1ccc([N+](=O)[O-])cc1)N1CCc2sccc2C1c1ccccc1. The summed E-state index contributed by atoms with van der Waals surface area (Å²) in [5, 5.41) is 12.8. The van der Waals surface area contributed by atoms with Gasteiger partial charge in [-0.25, -0.2) is 0 Å². The van der Waals surface area contributed by atoms with E-state index in [2.05, 4.69) is 11.4 Å². The highest BCUT2D eigenvalue weighted by Crippen LogP contribution is 2.37. The Balaban J connectivity index is 1.52. The molecular formula is C21H18N2O4S. The molecule has 1 unspecified atom stereocenters. The Kier molecular flexibility index (Phi) is 5.08. The van der Waals surface area contributed by atoms with Gasteiger partial charge in [0.25, 0.3) is 11.6 Å². The molecule has 28 heavy (non-hydrogen) atoms. The van der Waals surface area contributed by atoms with Crippen LogP contribution in [0.2, 0.25) is 0 Å². The fourth-order valence-corrected chi connectivity index (χ4v) is 4.38. The van der Waals surface area contributed by atoms with E-state index in [4.69, 9.17) is 4.74 Å². The molecule has 2 aromatic carbocycles. The van der Waals surface area contributed by atoms with Gasteiger partial charge in [0.15, 0.2) is 6.61 Å². The molecule has 3 aromatic rings. The Morgan fingerprint density at radius 1 is 1.14 bits per heavy atom. The molecule has 142 valence electrons. The number of amides is 1.